The number of amides is 1. The molecule has 6 heteroatoms. The van der Waals surface area contributed by atoms with Crippen LogP contribution in [0.2, 0.25) is 5.15 Å². The molecule has 1 N–H and O–H groups in total. The van der Waals surface area contributed by atoms with Crippen LogP contribution in [0, 0.1) is 5.92 Å². The van der Waals surface area contributed by atoms with Crippen LogP contribution in [0.1, 0.15) is 18.4 Å². The summed E-state index contributed by atoms with van der Waals surface area (Å²) in [6, 6.07) is 1.85. The monoisotopic (exact) mass is 282 g/mol. The first kappa shape index (κ1) is 12.5. The topological polar surface area (TPSA) is 62.7 Å². The zero-order valence-corrected chi connectivity index (χ0v) is 11.1. The lowest BCUT2D eigenvalue weighted by molar-refractivity contribution is 0.0834. The number of aromatic nitrogens is 1. The van der Waals surface area contributed by atoms with Crippen molar-refractivity contribution in [3.8, 4) is 5.75 Å². The molecule has 2 aliphatic heterocycles. The number of carbonyl (C=O) groups is 1. The summed E-state index contributed by atoms with van der Waals surface area (Å²) < 4.78 is 5.91. The van der Waals surface area contributed by atoms with Gasteiger partial charge in [-0.1, -0.05) is 11.6 Å². The maximum absolute atomic E-state index is 10.9. The van der Waals surface area contributed by atoms with Crippen LogP contribution >= 0.6 is 11.6 Å². The Balaban J connectivity index is 1.63. The van der Waals surface area contributed by atoms with Crippen molar-refractivity contribution in [3.05, 3.63) is 23.0 Å². The van der Waals surface area contributed by atoms with Gasteiger partial charge in [-0.2, -0.15) is 0 Å². The second-order valence-corrected chi connectivity index (χ2v) is 5.47. The highest BCUT2D eigenvalue weighted by Gasteiger charge is 2.34. The Bertz CT molecular complexity index is 501. The van der Waals surface area contributed by atoms with Gasteiger partial charge in [-0.25, -0.2) is 9.78 Å². The molecule has 19 heavy (non-hydrogen) atoms. The molecule has 0 unspecified atom stereocenters. The summed E-state index contributed by atoms with van der Waals surface area (Å²) in [4.78, 5) is 16.4. The van der Waals surface area contributed by atoms with Gasteiger partial charge >= 0.3 is 6.09 Å². The van der Waals surface area contributed by atoms with Crippen LogP contribution in [0.15, 0.2) is 12.3 Å². The maximum Gasteiger partial charge on any atom is 0.407 e. The molecule has 0 radical (unpaired) electrons. The smallest absolute Gasteiger partial charge is 0.407 e. The summed E-state index contributed by atoms with van der Waals surface area (Å²) in [6.45, 7) is 1.18. The first-order chi connectivity index (χ1) is 9.13. The Morgan fingerprint density at radius 2 is 2.21 bits per heavy atom. The van der Waals surface area contributed by atoms with Gasteiger partial charge in [0, 0.05) is 25.1 Å². The molecule has 1 aromatic heterocycles. The van der Waals surface area contributed by atoms with Gasteiger partial charge in [-0.3, -0.25) is 0 Å². The molecule has 1 saturated heterocycles. The molecular formula is C13H15ClN2O3. The van der Waals surface area contributed by atoms with Crippen molar-refractivity contribution in [2.75, 3.05) is 13.1 Å². The van der Waals surface area contributed by atoms with Crippen molar-refractivity contribution < 1.29 is 14.6 Å². The Hall–Kier alpha value is -1.49. The highest BCUT2D eigenvalue weighted by atomic mass is 35.5. The highest BCUT2D eigenvalue weighted by molar-refractivity contribution is 6.29. The number of halogens is 1. The van der Waals surface area contributed by atoms with E-state index in [1.165, 1.54) is 4.90 Å². The van der Waals surface area contributed by atoms with Crippen LogP contribution in [-0.2, 0) is 6.42 Å². The van der Waals surface area contributed by atoms with E-state index in [0.717, 1.165) is 30.6 Å². The van der Waals surface area contributed by atoms with Crippen molar-refractivity contribution in [2.24, 2.45) is 5.92 Å². The molecule has 5 nitrogen and oxygen atoms in total. The van der Waals surface area contributed by atoms with Crippen molar-refractivity contribution in [1.29, 1.82) is 0 Å². The number of hydrogen-bond donors (Lipinski definition) is 1. The molecule has 1 amide bonds. The van der Waals surface area contributed by atoms with Crippen LogP contribution < -0.4 is 4.74 Å². The summed E-state index contributed by atoms with van der Waals surface area (Å²) in [7, 11) is 0. The van der Waals surface area contributed by atoms with Gasteiger partial charge in [-0.05, 0) is 24.8 Å². The molecule has 0 aromatic carbocycles. The Labute approximate surface area is 116 Å². The molecule has 0 spiro atoms. The van der Waals surface area contributed by atoms with E-state index < -0.39 is 6.09 Å². The number of piperidine rings is 1. The Morgan fingerprint density at radius 1 is 1.47 bits per heavy atom. The van der Waals surface area contributed by atoms with Gasteiger partial charge in [0.2, 0.25) is 0 Å². The maximum atomic E-state index is 10.9. The Kier molecular flexibility index (Phi) is 3.22. The van der Waals surface area contributed by atoms with Gasteiger partial charge in [0.05, 0.1) is 6.20 Å². The standard InChI is InChI=1S/C13H15ClN2O3/c14-12-6-9-5-10(19-11(9)7-15-12)8-1-3-16(4-2-8)13(17)18/h6-8,10H,1-5H2,(H,17,18)/t10-/m1/s1. The molecule has 0 saturated carbocycles. The minimum atomic E-state index is -0.829. The molecular weight excluding hydrogens is 268 g/mol. The fourth-order valence-corrected chi connectivity index (χ4v) is 3.05. The molecule has 3 heterocycles. The van der Waals surface area contributed by atoms with E-state index in [2.05, 4.69) is 4.98 Å². The third kappa shape index (κ3) is 2.47. The van der Waals surface area contributed by atoms with E-state index >= 15 is 0 Å². The van der Waals surface area contributed by atoms with Crippen LogP contribution in [0.4, 0.5) is 4.79 Å². The normalized spacial score (nSPS) is 23.0. The molecule has 1 atom stereocenters. The number of nitrogens with zero attached hydrogens (tertiary/aromatic N) is 2. The van der Waals surface area contributed by atoms with Crippen molar-refractivity contribution in [3.63, 3.8) is 0 Å². The number of rotatable bonds is 1. The van der Waals surface area contributed by atoms with E-state index in [0.29, 0.717) is 24.2 Å². The van der Waals surface area contributed by atoms with Crippen molar-refractivity contribution in [2.45, 2.75) is 25.4 Å². The third-order valence-electron chi connectivity index (χ3n) is 3.95. The van der Waals surface area contributed by atoms with Gasteiger partial charge in [-0.15, -0.1) is 0 Å². The molecule has 0 bridgehead atoms. The summed E-state index contributed by atoms with van der Waals surface area (Å²) in [5, 5.41) is 9.42. The Morgan fingerprint density at radius 3 is 2.89 bits per heavy atom. The number of hydrogen-bond acceptors (Lipinski definition) is 3. The summed E-state index contributed by atoms with van der Waals surface area (Å²) in [5.41, 5.74) is 1.10. The minimum Gasteiger partial charge on any atom is -0.488 e. The quantitative estimate of drug-likeness (QED) is 0.804. The van der Waals surface area contributed by atoms with E-state index in [1.54, 1.807) is 6.20 Å². The number of ether oxygens (including phenoxy) is 1. The van der Waals surface area contributed by atoms with Crippen molar-refractivity contribution in [1.82, 2.24) is 9.88 Å². The van der Waals surface area contributed by atoms with Crippen LogP contribution in [0.5, 0.6) is 5.75 Å². The van der Waals surface area contributed by atoms with Crippen molar-refractivity contribution >= 4 is 17.7 Å². The number of likely N-dealkylation sites (tertiary alicyclic amines) is 1. The van der Waals surface area contributed by atoms with E-state index in [-0.39, 0.29) is 6.10 Å². The predicted molar refractivity (Wildman–Crippen MR) is 69.7 cm³/mol. The number of pyridine rings is 1. The van der Waals surface area contributed by atoms with Gasteiger partial charge in [0.25, 0.3) is 0 Å². The lowest BCUT2D eigenvalue weighted by Gasteiger charge is -2.32. The second-order valence-electron chi connectivity index (χ2n) is 5.08. The lowest BCUT2D eigenvalue weighted by Crippen LogP contribution is -2.41. The van der Waals surface area contributed by atoms with Crippen LogP contribution in [0.3, 0.4) is 0 Å². The minimum absolute atomic E-state index is 0.131. The molecule has 1 fully saturated rings. The zero-order chi connectivity index (χ0) is 13.4. The molecule has 0 aliphatic carbocycles. The number of carboxylic acid groups (broad SMARTS) is 1. The van der Waals surface area contributed by atoms with Crippen LogP contribution in [-0.4, -0.2) is 40.3 Å². The zero-order valence-electron chi connectivity index (χ0n) is 10.4. The van der Waals surface area contributed by atoms with Gasteiger partial charge in [0.1, 0.15) is 17.0 Å². The first-order valence-electron chi connectivity index (χ1n) is 6.42. The van der Waals surface area contributed by atoms with Gasteiger partial charge in [0.15, 0.2) is 0 Å². The molecule has 3 rings (SSSR count). The average Bonchev–Trinajstić information content (AvgIpc) is 2.81. The summed E-state index contributed by atoms with van der Waals surface area (Å²) >= 11 is 5.87. The molecule has 102 valence electrons. The fraction of sp³-hybridized carbons (Fsp3) is 0.538. The highest BCUT2D eigenvalue weighted by Crippen LogP contribution is 2.35. The molecule has 2 aliphatic rings. The van der Waals surface area contributed by atoms with E-state index in [9.17, 15) is 4.79 Å². The second kappa shape index (κ2) is 4.89. The predicted octanol–water partition coefficient (Wildman–Crippen LogP) is 2.43. The average molecular weight is 283 g/mol. The number of fused-ring (bicyclic) bond motifs is 1. The van der Waals surface area contributed by atoms with Crippen LogP contribution in [0.25, 0.3) is 0 Å². The lowest BCUT2D eigenvalue weighted by atomic mass is 9.89. The SMILES string of the molecule is O=C(O)N1CCC([C@H]2Cc3cc(Cl)ncc3O2)CC1. The molecule has 1 aromatic rings. The first-order valence-corrected chi connectivity index (χ1v) is 6.80. The third-order valence-corrected chi connectivity index (χ3v) is 4.16. The fourth-order valence-electron chi connectivity index (χ4n) is 2.87. The summed E-state index contributed by atoms with van der Waals surface area (Å²) in [5.74, 6) is 1.22. The van der Waals surface area contributed by atoms with E-state index in [4.69, 9.17) is 21.4 Å². The summed E-state index contributed by atoms with van der Waals surface area (Å²) in [6.07, 6.45) is 3.52. The van der Waals surface area contributed by atoms with Gasteiger partial charge < -0.3 is 14.7 Å². The van der Waals surface area contributed by atoms with E-state index in [1.807, 2.05) is 6.07 Å². The largest absolute Gasteiger partial charge is 0.488 e.